The summed E-state index contributed by atoms with van der Waals surface area (Å²) in [5, 5.41) is 19.4. The van der Waals surface area contributed by atoms with Gasteiger partial charge < -0.3 is 36.2 Å². The van der Waals surface area contributed by atoms with Crippen LogP contribution in [0.1, 0.15) is 86.7 Å². The molecule has 0 saturated heterocycles. The van der Waals surface area contributed by atoms with Crippen molar-refractivity contribution in [3.8, 4) is 0 Å². The van der Waals surface area contributed by atoms with Crippen molar-refractivity contribution in [3.63, 3.8) is 0 Å². The standard InChI is InChI=1S/C36H45N9O4.C4H8FN.C2H4O/c1-37-28-24-32(42-44-20-19-39-33(28)44)41-27-14-10-13-26(23-27)34(47)40-18-9-7-5-4-6-8-12-25-16-17-29-31(22-25)43(3)36(49)45(29)30(15-11-21-46)35(48)38-2;1-6-4-2-3(4)5;1-2-3/h10,13-14,16-17,19-24,30,37H,4-9,11-12,15,18H2,1-3H3,(H,38,48)(H,40,47)(H,41,42);3-4,6H,2H2,1H3;2H,1H3/t;3-,4+;/m.0./s1. The number of aldehydes is 2. The lowest BCUT2D eigenvalue weighted by atomic mass is 10.0. The molecule has 5 aromatic rings. The van der Waals surface area contributed by atoms with Gasteiger partial charge in [-0.2, -0.15) is 0 Å². The molecule has 312 valence electrons. The number of nitrogens with zero attached hydrogens (tertiary/aromatic N) is 5. The number of likely N-dealkylation sites (N-methyl/N-ethyl adjacent to an activating group) is 1. The number of imidazole rings is 2. The zero-order valence-corrected chi connectivity index (χ0v) is 34.1. The monoisotopic (exact) mass is 800 g/mol. The molecule has 2 aromatic carbocycles. The molecule has 15 nitrogen and oxygen atoms in total. The number of rotatable bonds is 19. The average Bonchev–Trinajstić information content (AvgIpc) is 3.65. The molecule has 0 aliphatic heterocycles. The Kier molecular flexibility index (Phi) is 17.6. The number of hydrogen-bond donors (Lipinski definition) is 5. The van der Waals surface area contributed by atoms with E-state index in [2.05, 4.69) is 36.7 Å². The predicted molar refractivity (Wildman–Crippen MR) is 226 cm³/mol. The summed E-state index contributed by atoms with van der Waals surface area (Å²) in [6.45, 7) is 2.06. The van der Waals surface area contributed by atoms with Crippen LogP contribution in [-0.2, 0) is 27.9 Å². The van der Waals surface area contributed by atoms with Gasteiger partial charge in [0.1, 0.15) is 24.8 Å². The van der Waals surface area contributed by atoms with Gasteiger partial charge in [-0.15, -0.1) is 5.10 Å². The van der Waals surface area contributed by atoms with Crippen LogP contribution in [-0.4, -0.2) is 88.0 Å². The van der Waals surface area contributed by atoms with Gasteiger partial charge in [-0.1, -0.05) is 37.8 Å². The fourth-order valence-corrected chi connectivity index (χ4v) is 6.61. The molecule has 5 N–H and O–H groups in total. The number of carbonyl (C=O) groups is 4. The second-order valence-electron chi connectivity index (χ2n) is 14.0. The molecule has 1 aliphatic rings. The third-order valence-corrected chi connectivity index (χ3v) is 9.86. The second-order valence-corrected chi connectivity index (χ2v) is 14.0. The first-order valence-electron chi connectivity index (χ1n) is 19.8. The molecule has 3 atom stereocenters. The number of aromatic nitrogens is 5. The highest BCUT2D eigenvalue weighted by atomic mass is 19.1. The van der Waals surface area contributed by atoms with Crippen molar-refractivity contribution in [2.45, 2.75) is 89.4 Å². The number of aryl methyl sites for hydroxylation is 2. The van der Waals surface area contributed by atoms with E-state index >= 15 is 0 Å². The van der Waals surface area contributed by atoms with Crippen LogP contribution in [0.4, 0.5) is 21.6 Å². The summed E-state index contributed by atoms with van der Waals surface area (Å²) in [5.41, 5.74) is 5.28. The number of fused-ring (bicyclic) bond motifs is 2. The Hall–Kier alpha value is -5.90. The molecule has 2 amide bonds. The van der Waals surface area contributed by atoms with E-state index in [0.717, 1.165) is 92.0 Å². The van der Waals surface area contributed by atoms with E-state index in [4.69, 9.17) is 4.79 Å². The number of nitrogens with one attached hydrogen (secondary N) is 5. The normalized spacial score (nSPS) is 14.7. The Balaban J connectivity index is 0.000000737. The van der Waals surface area contributed by atoms with Crippen LogP contribution in [0.5, 0.6) is 0 Å². The molecule has 0 spiro atoms. The Labute approximate surface area is 338 Å². The molecule has 16 heteroatoms. The summed E-state index contributed by atoms with van der Waals surface area (Å²) >= 11 is 0. The lowest BCUT2D eigenvalue weighted by Gasteiger charge is -2.16. The molecule has 0 bridgehead atoms. The molecular weight excluding hydrogens is 744 g/mol. The van der Waals surface area contributed by atoms with Gasteiger partial charge in [-0.05, 0) is 82.0 Å². The van der Waals surface area contributed by atoms with E-state index in [1.54, 1.807) is 41.6 Å². The Morgan fingerprint density at radius 1 is 0.983 bits per heavy atom. The summed E-state index contributed by atoms with van der Waals surface area (Å²) in [6.07, 6.45) is 12.8. The highest BCUT2D eigenvalue weighted by molar-refractivity contribution is 5.95. The van der Waals surface area contributed by atoms with E-state index in [1.165, 1.54) is 18.5 Å². The molecule has 6 rings (SSSR count). The molecule has 3 aromatic heterocycles. The summed E-state index contributed by atoms with van der Waals surface area (Å²) < 4.78 is 16.5. The molecule has 58 heavy (non-hydrogen) atoms. The number of carbonyl (C=O) groups excluding carboxylic acids is 4. The molecule has 1 fully saturated rings. The Bertz CT molecular complexity index is 2180. The zero-order valence-electron chi connectivity index (χ0n) is 34.1. The number of hydrogen-bond acceptors (Lipinski definition) is 10. The quantitative estimate of drug-likeness (QED) is 0.0545. The van der Waals surface area contributed by atoms with Gasteiger partial charge in [0.15, 0.2) is 11.5 Å². The van der Waals surface area contributed by atoms with Crippen molar-refractivity contribution < 1.29 is 23.6 Å². The zero-order chi connectivity index (χ0) is 42.0. The van der Waals surface area contributed by atoms with E-state index < -0.39 is 12.2 Å². The van der Waals surface area contributed by atoms with Crippen LogP contribution >= 0.6 is 0 Å². The summed E-state index contributed by atoms with van der Waals surface area (Å²) in [6, 6.07) is 14.6. The van der Waals surface area contributed by atoms with E-state index in [-0.39, 0.29) is 36.4 Å². The highest BCUT2D eigenvalue weighted by Gasteiger charge is 2.35. The van der Waals surface area contributed by atoms with Gasteiger partial charge in [-0.3, -0.25) is 18.7 Å². The maximum atomic E-state index is 13.1. The first-order valence-corrected chi connectivity index (χ1v) is 19.8. The largest absolute Gasteiger partial charge is 0.385 e. The second kappa shape index (κ2) is 22.7. The van der Waals surface area contributed by atoms with Crippen molar-refractivity contribution in [1.82, 2.24) is 39.7 Å². The number of benzene rings is 2. The SMILES string of the molecule is CC=O.CNC(=O)C(CCC=O)n1c(=O)n(C)c2cc(CCCCCCCCNC(=O)c3cccc(Nc4cc(NC)c5nccn5n4)c3)ccc21.CN[C@@H]1C[C@@H]1F. The number of unbranched alkanes of at least 4 members (excludes halogenated alkanes) is 5. The third-order valence-electron chi connectivity index (χ3n) is 9.86. The Morgan fingerprint density at radius 3 is 2.36 bits per heavy atom. The fourth-order valence-electron chi connectivity index (χ4n) is 6.61. The number of alkyl halides is 1. The van der Waals surface area contributed by atoms with Crippen molar-refractivity contribution in [3.05, 3.63) is 82.5 Å². The van der Waals surface area contributed by atoms with Crippen LogP contribution in [0.15, 0.2) is 65.7 Å². The van der Waals surface area contributed by atoms with Gasteiger partial charge >= 0.3 is 5.69 Å². The maximum absolute atomic E-state index is 13.1. The predicted octanol–water partition coefficient (Wildman–Crippen LogP) is 5.27. The van der Waals surface area contributed by atoms with Crippen LogP contribution in [0.2, 0.25) is 0 Å². The summed E-state index contributed by atoms with van der Waals surface area (Å²) in [4.78, 5) is 62.5. The molecule has 3 heterocycles. The van der Waals surface area contributed by atoms with Crippen molar-refractivity contribution in [2.75, 3.05) is 38.3 Å². The minimum atomic E-state index is -0.737. The van der Waals surface area contributed by atoms with Crippen LogP contribution in [0, 0.1) is 0 Å². The van der Waals surface area contributed by atoms with Crippen LogP contribution < -0.4 is 32.3 Å². The van der Waals surface area contributed by atoms with E-state index in [0.29, 0.717) is 23.4 Å². The van der Waals surface area contributed by atoms with Gasteiger partial charge in [0, 0.05) is 69.9 Å². The lowest BCUT2D eigenvalue weighted by Crippen LogP contribution is -2.36. The smallest absolute Gasteiger partial charge is 0.329 e. The molecule has 1 aliphatic carbocycles. The van der Waals surface area contributed by atoms with Crippen molar-refractivity contribution >= 4 is 58.3 Å². The van der Waals surface area contributed by atoms with Gasteiger partial charge in [0.05, 0.1) is 16.7 Å². The van der Waals surface area contributed by atoms with Gasteiger partial charge in [0.2, 0.25) is 5.91 Å². The fraction of sp³-hybridized carbons (Fsp3) is 0.452. The first-order chi connectivity index (χ1) is 28.1. The first kappa shape index (κ1) is 44.8. The maximum Gasteiger partial charge on any atom is 0.329 e. The third kappa shape index (κ3) is 12.3. The molecule has 0 radical (unpaired) electrons. The average molecular weight is 801 g/mol. The minimum absolute atomic E-state index is 0.104. The van der Waals surface area contributed by atoms with Crippen molar-refractivity contribution in [2.24, 2.45) is 7.05 Å². The molecule has 1 saturated carbocycles. The van der Waals surface area contributed by atoms with Crippen LogP contribution in [0.3, 0.4) is 0 Å². The number of anilines is 3. The molecular formula is C42H57FN10O5. The van der Waals surface area contributed by atoms with Crippen molar-refractivity contribution in [1.29, 1.82) is 0 Å². The number of halogens is 1. The lowest BCUT2D eigenvalue weighted by molar-refractivity contribution is -0.124. The highest BCUT2D eigenvalue weighted by Crippen LogP contribution is 2.25. The summed E-state index contributed by atoms with van der Waals surface area (Å²) in [7, 11) is 6.86. The molecule has 1 unspecified atom stereocenters. The van der Waals surface area contributed by atoms with Gasteiger partial charge in [-0.25, -0.2) is 18.7 Å². The van der Waals surface area contributed by atoms with E-state index in [1.807, 2.05) is 49.5 Å². The minimum Gasteiger partial charge on any atom is -0.385 e. The van der Waals surface area contributed by atoms with Gasteiger partial charge in [0.25, 0.3) is 5.91 Å². The number of amides is 2. The van der Waals surface area contributed by atoms with Crippen LogP contribution in [0.25, 0.3) is 16.7 Å². The topological polar surface area (TPSA) is 186 Å². The Morgan fingerprint density at radius 2 is 1.71 bits per heavy atom. The van der Waals surface area contributed by atoms with E-state index in [9.17, 15) is 23.6 Å². The summed E-state index contributed by atoms with van der Waals surface area (Å²) in [5.74, 6) is 0.243.